The zero-order valence-corrected chi connectivity index (χ0v) is 16.7. The van der Waals surface area contributed by atoms with E-state index in [1.807, 2.05) is 21.4 Å². The first kappa shape index (κ1) is 19.7. The van der Waals surface area contributed by atoms with Gasteiger partial charge in [0.05, 0.1) is 5.69 Å². The van der Waals surface area contributed by atoms with Crippen LogP contribution in [0.3, 0.4) is 0 Å². The van der Waals surface area contributed by atoms with Crippen molar-refractivity contribution in [2.45, 2.75) is 58.9 Å². The Kier molecular flexibility index (Phi) is 6.74. The van der Waals surface area contributed by atoms with Crippen LogP contribution >= 0.6 is 0 Å². The van der Waals surface area contributed by atoms with Crippen LogP contribution in [0.2, 0.25) is 0 Å². The summed E-state index contributed by atoms with van der Waals surface area (Å²) in [6, 6.07) is 2.09. The van der Waals surface area contributed by atoms with Crippen LogP contribution in [-0.4, -0.2) is 64.2 Å². The molecule has 150 valence electrons. The van der Waals surface area contributed by atoms with Gasteiger partial charge in [-0.3, -0.25) is 9.48 Å². The number of likely N-dealkylation sites (tertiary alicyclic amines) is 2. The van der Waals surface area contributed by atoms with Gasteiger partial charge in [-0.2, -0.15) is 5.10 Å². The van der Waals surface area contributed by atoms with Crippen molar-refractivity contribution in [3.63, 3.8) is 0 Å². The normalized spacial score (nSPS) is 18.1. The Morgan fingerprint density at radius 3 is 2.44 bits per heavy atom. The van der Waals surface area contributed by atoms with Gasteiger partial charge in [0.25, 0.3) is 0 Å². The summed E-state index contributed by atoms with van der Waals surface area (Å²) in [5, 5.41) is 7.46. The summed E-state index contributed by atoms with van der Waals surface area (Å²) < 4.78 is 1.99. The number of hydrogen-bond donors (Lipinski definition) is 1. The number of aromatic nitrogens is 2. The van der Waals surface area contributed by atoms with Gasteiger partial charge in [0.1, 0.15) is 0 Å². The van der Waals surface area contributed by atoms with Crippen LogP contribution < -0.4 is 5.32 Å². The Morgan fingerprint density at radius 1 is 1.11 bits per heavy atom. The fourth-order valence-corrected chi connectivity index (χ4v) is 4.12. The Bertz CT molecular complexity index is 643. The van der Waals surface area contributed by atoms with E-state index in [1.54, 1.807) is 0 Å². The molecule has 1 N–H and O–H groups in total. The lowest BCUT2D eigenvalue weighted by Crippen LogP contribution is -2.45. The van der Waals surface area contributed by atoms with Gasteiger partial charge in [0, 0.05) is 51.4 Å². The second-order valence-electron chi connectivity index (χ2n) is 7.96. The van der Waals surface area contributed by atoms with Crippen molar-refractivity contribution in [1.82, 2.24) is 24.9 Å². The number of piperidine rings is 1. The highest BCUT2D eigenvalue weighted by Crippen LogP contribution is 2.22. The number of carbonyl (C=O) groups excluding carboxylic acids is 2. The molecule has 2 saturated heterocycles. The molecule has 0 spiro atoms. The van der Waals surface area contributed by atoms with Gasteiger partial charge in [-0.15, -0.1) is 0 Å². The lowest BCUT2D eigenvalue weighted by Gasteiger charge is -2.32. The molecule has 1 aromatic heterocycles. The quantitative estimate of drug-likeness (QED) is 0.776. The topological polar surface area (TPSA) is 70.5 Å². The number of nitrogens with zero attached hydrogens (tertiary/aromatic N) is 4. The Hall–Kier alpha value is -2.05. The third-order valence-corrected chi connectivity index (χ3v) is 5.75. The van der Waals surface area contributed by atoms with Gasteiger partial charge >= 0.3 is 6.03 Å². The van der Waals surface area contributed by atoms with Gasteiger partial charge in [-0.25, -0.2) is 4.79 Å². The molecule has 2 aliphatic heterocycles. The summed E-state index contributed by atoms with van der Waals surface area (Å²) in [6.07, 6.45) is 5.66. The van der Waals surface area contributed by atoms with Gasteiger partial charge in [0.2, 0.25) is 5.91 Å². The highest BCUT2D eigenvalue weighted by Gasteiger charge is 2.26. The van der Waals surface area contributed by atoms with Gasteiger partial charge in [0.15, 0.2) is 0 Å². The predicted molar refractivity (Wildman–Crippen MR) is 104 cm³/mol. The van der Waals surface area contributed by atoms with Crippen molar-refractivity contribution < 1.29 is 9.59 Å². The minimum atomic E-state index is 0.0210. The number of amides is 3. The average molecular weight is 376 g/mol. The van der Waals surface area contributed by atoms with E-state index in [9.17, 15) is 9.59 Å². The predicted octanol–water partition coefficient (Wildman–Crippen LogP) is 2.32. The van der Waals surface area contributed by atoms with Crippen LogP contribution in [0.4, 0.5) is 4.79 Å². The van der Waals surface area contributed by atoms with Gasteiger partial charge in [-0.05, 0) is 57.9 Å². The van der Waals surface area contributed by atoms with E-state index in [4.69, 9.17) is 0 Å². The summed E-state index contributed by atoms with van der Waals surface area (Å²) in [5.74, 6) is 0.729. The van der Waals surface area contributed by atoms with Gasteiger partial charge < -0.3 is 15.1 Å². The maximum Gasteiger partial charge on any atom is 0.317 e. The van der Waals surface area contributed by atoms with Crippen molar-refractivity contribution in [2.75, 3.05) is 32.7 Å². The van der Waals surface area contributed by atoms with E-state index in [2.05, 4.69) is 23.4 Å². The molecule has 27 heavy (non-hydrogen) atoms. The molecule has 0 aromatic carbocycles. The number of nitrogens with one attached hydrogen (secondary N) is 1. The monoisotopic (exact) mass is 375 g/mol. The Morgan fingerprint density at radius 2 is 1.81 bits per heavy atom. The van der Waals surface area contributed by atoms with E-state index in [0.717, 1.165) is 76.2 Å². The summed E-state index contributed by atoms with van der Waals surface area (Å²) >= 11 is 0. The van der Waals surface area contributed by atoms with Crippen LogP contribution in [0.1, 0.15) is 49.9 Å². The Balaban J connectivity index is 1.31. The first-order valence-electron chi connectivity index (χ1n) is 10.3. The lowest BCUT2D eigenvalue weighted by molar-refractivity contribution is -0.131. The molecule has 0 saturated carbocycles. The van der Waals surface area contributed by atoms with Crippen LogP contribution in [0, 0.1) is 19.8 Å². The summed E-state index contributed by atoms with van der Waals surface area (Å²) in [6.45, 7) is 8.88. The number of carbonyl (C=O) groups is 2. The summed E-state index contributed by atoms with van der Waals surface area (Å²) in [4.78, 5) is 28.5. The molecule has 0 unspecified atom stereocenters. The molecule has 0 atom stereocenters. The van der Waals surface area contributed by atoms with Crippen LogP contribution in [-0.2, 0) is 11.3 Å². The molecule has 1 aromatic rings. The molecule has 7 nitrogen and oxygen atoms in total. The van der Waals surface area contributed by atoms with Crippen LogP contribution in [0.15, 0.2) is 6.07 Å². The van der Waals surface area contributed by atoms with E-state index in [1.165, 1.54) is 0 Å². The highest BCUT2D eigenvalue weighted by atomic mass is 16.2. The standard InChI is InChI=1S/C20H33N5O2/c1-16-14-17(2)25(22-16)11-5-8-21-20(27)24-12-6-18(7-13-24)15-19(26)23-9-3-4-10-23/h14,18H,3-13,15H2,1-2H3,(H,21,27). The van der Waals surface area contributed by atoms with Gasteiger partial charge in [-0.1, -0.05) is 0 Å². The first-order chi connectivity index (χ1) is 13.0. The third-order valence-electron chi connectivity index (χ3n) is 5.75. The van der Waals surface area contributed by atoms with Crippen molar-refractivity contribution in [1.29, 1.82) is 0 Å². The molecule has 2 fully saturated rings. The van der Waals surface area contributed by atoms with E-state index >= 15 is 0 Å². The summed E-state index contributed by atoms with van der Waals surface area (Å²) in [7, 11) is 0. The minimum absolute atomic E-state index is 0.0210. The number of rotatable bonds is 6. The molecular weight excluding hydrogens is 342 g/mol. The third kappa shape index (κ3) is 5.47. The largest absolute Gasteiger partial charge is 0.343 e. The number of urea groups is 1. The fraction of sp³-hybridized carbons (Fsp3) is 0.750. The van der Waals surface area contributed by atoms with Crippen LogP contribution in [0.5, 0.6) is 0 Å². The maximum absolute atomic E-state index is 12.3. The average Bonchev–Trinajstić information content (AvgIpc) is 3.29. The fourth-order valence-electron chi connectivity index (χ4n) is 4.12. The molecule has 0 bridgehead atoms. The highest BCUT2D eigenvalue weighted by molar-refractivity contribution is 5.77. The molecule has 3 amide bonds. The van der Waals surface area contributed by atoms with Crippen molar-refractivity contribution in [2.24, 2.45) is 5.92 Å². The molecular formula is C20H33N5O2. The molecule has 0 radical (unpaired) electrons. The number of hydrogen-bond acceptors (Lipinski definition) is 3. The molecule has 0 aliphatic carbocycles. The molecule has 2 aliphatic rings. The van der Waals surface area contributed by atoms with E-state index < -0.39 is 0 Å². The van der Waals surface area contributed by atoms with Crippen LogP contribution in [0.25, 0.3) is 0 Å². The lowest BCUT2D eigenvalue weighted by atomic mass is 9.93. The maximum atomic E-state index is 12.3. The second kappa shape index (κ2) is 9.24. The zero-order valence-electron chi connectivity index (χ0n) is 16.7. The first-order valence-corrected chi connectivity index (χ1v) is 10.3. The molecule has 3 heterocycles. The van der Waals surface area contributed by atoms with Crippen molar-refractivity contribution >= 4 is 11.9 Å². The minimum Gasteiger partial charge on any atom is -0.343 e. The van der Waals surface area contributed by atoms with E-state index in [-0.39, 0.29) is 6.03 Å². The van der Waals surface area contributed by atoms with E-state index in [0.29, 0.717) is 24.8 Å². The zero-order chi connectivity index (χ0) is 19.2. The van der Waals surface area contributed by atoms with Crippen molar-refractivity contribution in [3.05, 3.63) is 17.5 Å². The second-order valence-corrected chi connectivity index (χ2v) is 7.96. The Labute approximate surface area is 162 Å². The molecule has 7 heteroatoms. The SMILES string of the molecule is Cc1cc(C)n(CCCNC(=O)N2CCC(CC(=O)N3CCCC3)CC2)n1. The summed E-state index contributed by atoms with van der Waals surface area (Å²) in [5.41, 5.74) is 2.19. The number of aryl methyl sites for hydroxylation is 3. The smallest absolute Gasteiger partial charge is 0.317 e. The molecule has 3 rings (SSSR count). The van der Waals surface area contributed by atoms with Crippen molar-refractivity contribution in [3.8, 4) is 0 Å².